The number of fused-ring (bicyclic) bond motifs is 1. The molecule has 0 fully saturated rings. The maximum absolute atomic E-state index is 14.4. The van der Waals surface area contributed by atoms with Crippen LogP contribution >= 0.6 is 0 Å². The van der Waals surface area contributed by atoms with E-state index in [4.69, 9.17) is 4.74 Å². The van der Waals surface area contributed by atoms with Crippen molar-refractivity contribution >= 4 is 5.95 Å². The number of ether oxygens (including phenoxy) is 1. The number of nitrogens with zero attached hydrogens (tertiary/aromatic N) is 3. The zero-order valence-corrected chi connectivity index (χ0v) is 15.8. The van der Waals surface area contributed by atoms with E-state index >= 15 is 0 Å². The smallest absolute Gasteiger partial charge is 0.262 e. The van der Waals surface area contributed by atoms with E-state index in [9.17, 15) is 9.18 Å². The molecule has 1 aliphatic rings. The summed E-state index contributed by atoms with van der Waals surface area (Å²) in [5.41, 5.74) is 3.43. The van der Waals surface area contributed by atoms with Crippen LogP contribution in [0, 0.1) is 12.7 Å². The molecule has 0 atom stereocenters. The molecule has 0 saturated heterocycles. The van der Waals surface area contributed by atoms with Gasteiger partial charge in [0.05, 0.1) is 12.2 Å². The molecule has 28 heavy (non-hydrogen) atoms. The normalized spacial score (nSPS) is 13.0. The van der Waals surface area contributed by atoms with Crippen LogP contribution < -0.4 is 15.6 Å². The molecule has 0 amide bonds. The number of pyridine rings is 1. The number of aromatic nitrogens is 3. The summed E-state index contributed by atoms with van der Waals surface area (Å²) in [7, 11) is 1.65. The van der Waals surface area contributed by atoms with Crippen molar-refractivity contribution in [1.82, 2.24) is 14.5 Å². The van der Waals surface area contributed by atoms with E-state index in [2.05, 4.69) is 15.3 Å². The van der Waals surface area contributed by atoms with Crippen LogP contribution in [0.5, 0.6) is 5.75 Å². The highest BCUT2D eigenvalue weighted by Gasteiger charge is 2.18. The molecular formula is C21H21FN4O2. The summed E-state index contributed by atoms with van der Waals surface area (Å²) in [6, 6.07) is 4.94. The number of benzene rings is 1. The Bertz CT molecular complexity index is 1090. The van der Waals surface area contributed by atoms with Gasteiger partial charge >= 0.3 is 0 Å². The first-order valence-corrected chi connectivity index (χ1v) is 9.20. The Morgan fingerprint density at radius 3 is 2.93 bits per heavy atom. The quantitative estimate of drug-likeness (QED) is 0.753. The Balaban J connectivity index is 1.63. The Hall–Kier alpha value is -3.22. The Kier molecular flexibility index (Phi) is 4.81. The van der Waals surface area contributed by atoms with Gasteiger partial charge in [-0.25, -0.2) is 9.37 Å². The monoisotopic (exact) mass is 380 g/mol. The Morgan fingerprint density at radius 1 is 1.25 bits per heavy atom. The average Bonchev–Trinajstić information content (AvgIpc) is 2.71. The van der Waals surface area contributed by atoms with E-state index in [0.717, 1.165) is 35.3 Å². The third-order valence-electron chi connectivity index (χ3n) is 5.08. The predicted molar refractivity (Wildman–Crippen MR) is 105 cm³/mol. The van der Waals surface area contributed by atoms with Crippen LogP contribution in [0.1, 0.15) is 23.1 Å². The van der Waals surface area contributed by atoms with Crippen LogP contribution in [-0.2, 0) is 20.0 Å². The molecule has 1 N–H and O–H groups in total. The minimum Gasteiger partial charge on any atom is -0.493 e. The van der Waals surface area contributed by atoms with Crippen molar-refractivity contribution in [2.24, 2.45) is 7.05 Å². The summed E-state index contributed by atoms with van der Waals surface area (Å²) in [4.78, 5) is 21.3. The molecule has 4 rings (SSSR count). The number of aryl methyl sites for hydroxylation is 1. The summed E-state index contributed by atoms with van der Waals surface area (Å²) in [6.45, 7) is 2.80. The molecule has 0 aliphatic carbocycles. The van der Waals surface area contributed by atoms with Gasteiger partial charge in [-0.05, 0) is 43.5 Å². The van der Waals surface area contributed by atoms with E-state index < -0.39 is 0 Å². The highest BCUT2D eigenvalue weighted by Crippen LogP contribution is 2.30. The van der Waals surface area contributed by atoms with Crippen molar-refractivity contribution in [3.63, 3.8) is 0 Å². The van der Waals surface area contributed by atoms with Crippen molar-refractivity contribution in [2.45, 2.75) is 26.3 Å². The molecule has 0 saturated carbocycles. The zero-order valence-electron chi connectivity index (χ0n) is 15.8. The molecule has 3 heterocycles. The Labute approximate surface area is 162 Å². The Morgan fingerprint density at radius 2 is 2.11 bits per heavy atom. The number of rotatable bonds is 4. The van der Waals surface area contributed by atoms with Gasteiger partial charge in [0.1, 0.15) is 11.6 Å². The van der Waals surface area contributed by atoms with Gasteiger partial charge in [-0.1, -0.05) is 0 Å². The van der Waals surface area contributed by atoms with Crippen molar-refractivity contribution in [1.29, 1.82) is 0 Å². The highest BCUT2D eigenvalue weighted by atomic mass is 19.1. The molecule has 144 valence electrons. The van der Waals surface area contributed by atoms with Gasteiger partial charge in [0.2, 0.25) is 5.95 Å². The molecular weight excluding hydrogens is 359 g/mol. The van der Waals surface area contributed by atoms with E-state index in [1.54, 1.807) is 25.5 Å². The van der Waals surface area contributed by atoms with E-state index in [1.165, 1.54) is 16.8 Å². The van der Waals surface area contributed by atoms with Gasteiger partial charge in [0, 0.05) is 48.9 Å². The highest BCUT2D eigenvalue weighted by molar-refractivity contribution is 5.64. The fourth-order valence-electron chi connectivity index (χ4n) is 3.48. The van der Waals surface area contributed by atoms with Crippen LogP contribution in [-0.4, -0.2) is 21.1 Å². The van der Waals surface area contributed by atoms with Crippen molar-refractivity contribution in [2.75, 3.05) is 11.9 Å². The number of hydrogen-bond acceptors (Lipinski definition) is 5. The lowest BCUT2D eigenvalue weighted by atomic mass is 9.99. The maximum atomic E-state index is 14.4. The third kappa shape index (κ3) is 3.24. The van der Waals surface area contributed by atoms with Crippen molar-refractivity contribution < 1.29 is 9.13 Å². The summed E-state index contributed by atoms with van der Waals surface area (Å²) in [5, 5.41) is 3.09. The summed E-state index contributed by atoms with van der Waals surface area (Å²) in [5.74, 6) is 0.821. The summed E-state index contributed by atoms with van der Waals surface area (Å²) in [6.07, 6.45) is 6.52. The van der Waals surface area contributed by atoms with E-state index in [1.807, 2.05) is 13.0 Å². The predicted octanol–water partition coefficient (Wildman–Crippen LogP) is 3.23. The minimum atomic E-state index is -0.288. The lowest BCUT2D eigenvalue weighted by Crippen LogP contribution is -2.24. The molecule has 0 bridgehead atoms. The largest absolute Gasteiger partial charge is 0.493 e. The van der Waals surface area contributed by atoms with Crippen LogP contribution in [0.4, 0.5) is 10.3 Å². The average molecular weight is 380 g/mol. The van der Waals surface area contributed by atoms with Crippen molar-refractivity contribution in [3.05, 3.63) is 69.7 Å². The SMILES string of the molecule is Cc1ccncc1-c1cnc(NCc2c(F)ccc3c2CCCO3)n(C)c1=O. The van der Waals surface area contributed by atoms with Crippen LogP contribution in [0.2, 0.25) is 0 Å². The first-order chi connectivity index (χ1) is 13.6. The van der Waals surface area contributed by atoms with Crippen LogP contribution in [0.15, 0.2) is 41.6 Å². The molecule has 1 aliphatic heterocycles. The molecule has 3 aromatic rings. The van der Waals surface area contributed by atoms with Gasteiger partial charge in [-0.2, -0.15) is 0 Å². The summed E-state index contributed by atoms with van der Waals surface area (Å²) >= 11 is 0. The molecule has 1 aromatic carbocycles. The van der Waals surface area contributed by atoms with E-state index in [-0.39, 0.29) is 17.9 Å². The molecule has 7 heteroatoms. The second-order valence-corrected chi connectivity index (χ2v) is 6.86. The van der Waals surface area contributed by atoms with Crippen LogP contribution in [0.3, 0.4) is 0 Å². The second-order valence-electron chi connectivity index (χ2n) is 6.86. The van der Waals surface area contributed by atoms with Gasteiger partial charge < -0.3 is 10.1 Å². The van der Waals surface area contributed by atoms with E-state index in [0.29, 0.717) is 23.7 Å². The maximum Gasteiger partial charge on any atom is 0.262 e. The van der Waals surface area contributed by atoms with Crippen LogP contribution in [0.25, 0.3) is 11.1 Å². The van der Waals surface area contributed by atoms with Crippen molar-refractivity contribution in [3.8, 4) is 16.9 Å². The molecule has 0 spiro atoms. The third-order valence-corrected chi connectivity index (χ3v) is 5.08. The number of nitrogens with one attached hydrogen (secondary N) is 1. The van der Waals surface area contributed by atoms with Gasteiger partial charge in [-0.15, -0.1) is 0 Å². The second kappa shape index (κ2) is 7.42. The summed E-state index contributed by atoms with van der Waals surface area (Å²) < 4.78 is 21.5. The first kappa shape index (κ1) is 18.2. The topological polar surface area (TPSA) is 69.0 Å². The first-order valence-electron chi connectivity index (χ1n) is 9.20. The zero-order chi connectivity index (χ0) is 19.7. The fraction of sp³-hybridized carbons (Fsp3) is 0.286. The number of halogens is 1. The number of hydrogen-bond donors (Lipinski definition) is 1. The molecule has 6 nitrogen and oxygen atoms in total. The minimum absolute atomic E-state index is 0.188. The lowest BCUT2D eigenvalue weighted by Gasteiger charge is -2.21. The fourth-order valence-corrected chi connectivity index (χ4v) is 3.48. The molecule has 2 aromatic heterocycles. The number of anilines is 1. The lowest BCUT2D eigenvalue weighted by molar-refractivity contribution is 0.286. The molecule has 0 unspecified atom stereocenters. The van der Waals surface area contributed by atoms with Gasteiger partial charge in [-0.3, -0.25) is 14.3 Å². The standard InChI is InChI=1S/C21H21FN4O2/c1-13-7-8-23-10-15(13)17-12-25-21(26(2)20(17)27)24-11-16-14-4-3-9-28-19(14)6-5-18(16)22/h5-8,10,12H,3-4,9,11H2,1-2H3,(H,24,25). The molecule has 0 radical (unpaired) electrons. The van der Waals surface area contributed by atoms with Gasteiger partial charge in [0.15, 0.2) is 0 Å². The van der Waals surface area contributed by atoms with Gasteiger partial charge in [0.25, 0.3) is 5.56 Å².